The van der Waals surface area contributed by atoms with Crippen LogP contribution in [-0.2, 0) is 45.6 Å². The molecule has 0 bridgehead atoms. The van der Waals surface area contributed by atoms with Crippen molar-refractivity contribution in [1.29, 1.82) is 0 Å². The van der Waals surface area contributed by atoms with Gasteiger partial charge in [-0.1, -0.05) is 37.3 Å². The van der Waals surface area contributed by atoms with E-state index in [-0.39, 0.29) is 24.7 Å². The van der Waals surface area contributed by atoms with Gasteiger partial charge in [-0.15, -0.1) is 0 Å². The van der Waals surface area contributed by atoms with Crippen molar-refractivity contribution in [3.63, 3.8) is 0 Å². The smallest absolute Gasteiger partial charge is 0.250 e. The molecule has 0 saturated carbocycles. The topological polar surface area (TPSA) is 130 Å². The molecule has 2 aliphatic rings. The van der Waals surface area contributed by atoms with Gasteiger partial charge in [-0.2, -0.15) is 11.3 Å². The zero-order valence-electron chi connectivity index (χ0n) is 26.4. The van der Waals surface area contributed by atoms with Crippen LogP contribution in [0.2, 0.25) is 0 Å². The lowest BCUT2D eigenvalue weighted by Gasteiger charge is -2.37. The Morgan fingerprint density at radius 1 is 1.13 bits per heavy atom. The molecule has 46 heavy (non-hydrogen) atoms. The van der Waals surface area contributed by atoms with E-state index in [2.05, 4.69) is 10.6 Å². The highest BCUT2D eigenvalue weighted by Crippen LogP contribution is 2.40. The number of thiophene rings is 1. The number of hydrogen-bond donors (Lipinski definition) is 3. The molecular weight excluding hydrogens is 600 g/mol. The minimum absolute atomic E-state index is 0.0396. The third-order valence-electron chi connectivity index (χ3n) is 9.24. The number of hydrogen-bond acceptors (Lipinski definition) is 6. The number of nitrogens with two attached hydrogens (primary N) is 1. The first kappa shape index (κ1) is 31.5. The Hall–Kier alpha value is -4.48. The minimum Gasteiger partial charge on any atom is -0.350 e. The first-order valence-electron chi connectivity index (χ1n) is 15.7. The standard InChI is InChI=1S/C35H40N6O4S/c1-4-35(2,36)34(45)38-26(18-24-20-39(3)28-11-6-5-10-25(24)28)32(43)37-27-17-23-9-7-12-29(40-15-8-13-30(40)42)31(23)41(33(27)44)19-22-14-16-46-21-22/h5-7,9-12,14,16,20-21,26-27H,4,8,13,15,17-19,36H2,1-3H3,(H,37,43)(H,38,45)/t26-,27?,35-/m1/s1. The van der Waals surface area contributed by atoms with Crippen LogP contribution in [0, 0.1) is 0 Å². The molecule has 4 heterocycles. The van der Waals surface area contributed by atoms with Crippen molar-refractivity contribution in [1.82, 2.24) is 15.2 Å². The number of para-hydroxylation sites is 2. The van der Waals surface area contributed by atoms with Crippen molar-refractivity contribution in [2.75, 3.05) is 16.3 Å². The SMILES string of the molecule is CC[C@@](C)(N)C(=O)N[C@H](Cc1cn(C)c2ccccc12)C(=O)NC1Cc2cccc(N3CCCC3=O)c2N(Cc2ccsc2)C1=O. The first-order chi connectivity index (χ1) is 22.1. The van der Waals surface area contributed by atoms with E-state index >= 15 is 0 Å². The molecule has 0 radical (unpaired) electrons. The van der Waals surface area contributed by atoms with Gasteiger partial charge >= 0.3 is 0 Å². The average molecular weight is 641 g/mol. The maximum Gasteiger partial charge on any atom is 0.250 e. The summed E-state index contributed by atoms with van der Waals surface area (Å²) in [5.41, 5.74) is 10.3. The maximum absolute atomic E-state index is 14.3. The Kier molecular flexibility index (Phi) is 8.71. The number of carbonyl (C=O) groups excluding carboxylic acids is 4. The number of carbonyl (C=O) groups is 4. The third kappa shape index (κ3) is 6.04. The van der Waals surface area contributed by atoms with Crippen LogP contribution >= 0.6 is 11.3 Å². The first-order valence-corrected chi connectivity index (χ1v) is 16.7. The summed E-state index contributed by atoms with van der Waals surface area (Å²) in [6.45, 7) is 4.37. The highest BCUT2D eigenvalue weighted by atomic mass is 32.1. The number of anilines is 2. The summed E-state index contributed by atoms with van der Waals surface area (Å²) in [7, 11) is 1.94. The molecule has 10 nitrogen and oxygen atoms in total. The van der Waals surface area contributed by atoms with E-state index in [1.54, 1.807) is 28.1 Å². The van der Waals surface area contributed by atoms with Gasteiger partial charge in [0.25, 0.3) is 0 Å². The van der Waals surface area contributed by atoms with Gasteiger partial charge in [-0.25, -0.2) is 0 Å². The Labute approximate surface area is 272 Å². The summed E-state index contributed by atoms with van der Waals surface area (Å²) < 4.78 is 1.99. The van der Waals surface area contributed by atoms with Crippen LogP contribution in [0.15, 0.2) is 65.5 Å². The summed E-state index contributed by atoms with van der Waals surface area (Å²) in [5.74, 6) is -1.12. The summed E-state index contributed by atoms with van der Waals surface area (Å²) in [6, 6.07) is 13.8. The summed E-state index contributed by atoms with van der Waals surface area (Å²) in [4.78, 5) is 57.9. The zero-order chi connectivity index (χ0) is 32.6. The highest BCUT2D eigenvalue weighted by Gasteiger charge is 2.39. The van der Waals surface area contributed by atoms with Gasteiger partial charge in [0.1, 0.15) is 12.1 Å². The van der Waals surface area contributed by atoms with Crippen LogP contribution in [-0.4, -0.2) is 52.4 Å². The number of amides is 4. The van der Waals surface area contributed by atoms with E-state index in [9.17, 15) is 19.2 Å². The molecule has 3 atom stereocenters. The van der Waals surface area contributed by atoms with Crippen molar-refractivity contribution in [2.24, 2.45) is 12.8 Å². The third-order valence-corrected chi connectivity index (χ3v) is 9.97. The predicted molar refractivity (Wildman–Crippen MR) is 181 cm³/mol. The summed E-state index contributed by atoms with van der Waals surface area (Å²) in [5, 5.41) is 10.8. The van der Waals surface area contributed by atoms with Gasteiger partial charge in [0.2, 0.25) is 23.6 Å². The van der Waals surface area contributed by atoms with Gasteiger partial charge in [0.05, 0.1) is 23.5 Å². The highest BCUT2D eigenvalue weighted by molar-refractivity contribution is 7.07. The lowest BCUT2D eigenvalue weighted by atomic mass is 9.94. The Morgan fingerprint density at radius 2 is 1.93 bits per heavy atom. The maximum atomic E-state index is 14.3. The van der Waals surface area contributed by atoms with Crippen LogP contribution < -0.4 is 26.2 Å². The van der Waals surface area contributed by atoms with Crippen molar-refractivity contribution in [2.45, 2.75) is 70.1 Å². The van der Waals surface area contributed by atoms with Gasteiger partial charge in [0.15, 0.2) is 0 Å². The molecule has 11 heteroatoms. The lowest BCUT2D eigenvalue weighted by molar-refractivity contribution is -0.133. The summed E-state index contributed by atoms with van der Waals surface area (Å²) in [6.07, 6.45) is 4.07. The molecule has 4 amide bonds. The Balaban J connectivity index is 1.32. The van der Waals surface area contributed by atoms with E-state index in [4.69, 9.17) is 5.73 Å². The second kappa shape index (κ2) is 12.7. The number of rotatable bonds is 10. The van der Waals surface area contributed by atoms with E-state index in [1.807, 2.05) is 84.0 Å². The van der Waals surface area contributed by atoms with Gasteiger partial charge in [-0.3, -0.25) is 19.2 Å². The van der Waals surface area contributed by atoms with Crippen LogP contribution in [0.25, 0.3) is 10.9 Å². The Bertz CT molecular complexity index is 1800. The van der Waals surface area contributed by atoms with Gasteiger partial charge < -0.3 is 30.7 Å². The average Bonchev–Trinajstić information content (AvgIpc) is 3.79. The molecule has 2 aromatic heterocycles. The van der Waals surface area contributed by atoms with E-state index < -0.39 is 29.4 Å². The molecule has 1 saturated heterocycles. The fourth-order valence-electron chi connectivity index (χ4n) is 6.39. The molecule has 0 aliphatic carbocycles. The number of nitrogens with zero attached hydrogens (tertiary/aromatic N) is 3. The zero-order valence-corrected chi connectivity index (χ0v) is 27.2. The molecule has 240 valence electrons. The van der Waals surface area contributed by atoms with Crippen molar-refractivity contribution < 1.29 is 19.2 Å². The van der Waals surface area contributed by atoms with Crippen LogP contribution in [0.3, 0.4) is 0 Å². The van der Waals surface area contributed by atoms with Gasteiger partial charge in [-0.05, 0) is 65.4 Å². The quantitative estimate of drug-likeness (QED) is 0.243. The second-order valence-electron chi connectivity index (χ2n) is 12.5. The fraction of sp³-hybridized carbons (Fsp3) is 0.371. The Morgan fingerprint density at radius 3 is 2.65 bits per heavy atom. The molecule has 6 rings (SSSR count). The van der Waals surface area contributed by atoms with E-state index in [0.29, 0.717) is 31.6 Å². The largest absolute Gasteiger partial charge is 0.350 e. The fourth-order valence-corrected chi connectivity index (χ4v) is 7.05. The monoisotopic (exact) mass is 640 g/mol. The van der Waals surface area contributed by atoms with Crippen molar-refractivity contribution in [3.8, 4) is 0 Å². The van der Waals surface area contributed by atoms with Crippen LogP contribution in [0.5, 0.6) is 0 Å². The number of aryl methyl sites for hydroxylation is 1. The van der Waals surface area contributed by atoms with Crippen LogP contribution in [0.1, 0.15) is 49.8 Å². The van der Waals surface area contributed by atoms with E-state index in [0.717, 1.165) is 39.7 Å². The molecule has 0 spiro atoms. The second-order valence-corrected chi connectivity index (χ2v) is 13.3. The predicted octanol–water partition coefficient (Wildman–Crippen LogP) is 3.80. The number of nitrogens with one attached hydrogen (secondary N) is 2. The number of fused-ring (bicyclic) bond motifs is 2. The number of benzene rings is 2. The molecular formula is C35H40N6O4S. The van der Waals surface area contributed by atoms with Gasteiger partial charge in [0, 0.05) is 50.0 Å². The molecule has 4 aromatic rings. The number of aromatic nitrogens is 1. The molecule has 4 N–H and O–H groups in total. The molecule has 1 fully saturated rings. The van der Waals surface area contributed by atoms with E-state index in [1.165, 1.54) is 0 Å². The lowest BCUT2D eigenvalue weighted by Crippen LogP contribution is -2.60. The normalized spacial score (nSPS) is 18.4. The minimum atomic E-state index is -1.17. The van der Waals surface area contributed by atoms with Crippen LogP contribution in [0.4, 0.5) is 11.4 Å². The van der Waals surface area contributed by atoms with Crippen molar-refractivity contribution >= 4 is 57.2 Å². The molecule has 2 aliphatic heterocycles. The summed E-state index contributed by atoms with van der Waals surface area (Å²) >= 11 is 1.54. The van der Waals surface area contributed by atoms with Crippen molar-refractivity contribution in [3.05, 3.63) is 82.2 Å². The molecule has 1 unspecified atom stereocenters. The molecule has 2 aromatic carbocycles.